The van der Waals surface area contributed by atoms with Crippen LogP contribution in [0, 0.1) is 0 Å². The average molecular weight is 304 g/mol. The molecule has 5 nitrogen and oxygen atoms in total. The first-order chi connectivity index (χ1) is 11.3. The molecule has 0 atom stereocenters. The first-order valence-electron chi connectivity index (χ1n) is 7.69. The lowest BCUT2D eigenvalue weighted by atomic mass is 10.0. The first kappa shape index (κ1) is 13.7. The van der Waals surface area contributed by atoms with Crippen LogP contribution in [-0.4, -0.2) is 20.9 Å². The van der Waals surface area contributed by atoms with E-state index in [0.717, 1.165) is 41.9 Å². The fourth-order valence-corrected chi connectivity index (χ4v) is 3.07. The van der Waals surface area contributed by atoms with E-state index < -0.39 is 0 Å². The molecule has 0 aromatic carbocycles. The van der Waals surface area contributed by atoms with Gasteiger partial charge in [-0.25, -0.2) is 0 Å². The van der Waals surface area contributed by atoms with E-state index in [2.05, 4.69) is 26.3 Å². The van der Waals surface area contributed by atoms with Gasteiger partial charge in [0.2, 0.25) is 0 Å². The van der Waals surface area contributed by atoms with Gasteiger partial charge in [-0.2, -0.15) is 0 Å². The third-order valence-corrected chi connectivity index (χ3v) is 4.15. The first-order valence-corrected chi connectivity index (χ1v) is 7.69. The summed E-state index contributed by atoms with van der Waals surface area (Å²) in [5.41, 5.74) is 5.51. The Morgan fingerprint density at radius 2 is 2.00 bits per heavy atom. The average Bonchev–Trinajstić information content (AvgIpc) is 2.92. The number of carbonyl (C=O) groups excluding carboxylic acids is 1. The van der Waals surface area contributed by atoms with Gasteiger partial charge in [-0.3, -0.25) is 14.8 Å². The third-order valence-electron chi connectivity index (χ3n) is 4.15. The van der Waals surface area contributed by atoms with E-state index in [-0.39, 0.29) is 5.91 Å². The molecule has 0 unspecified atom stereocenters. The number of H-pyrrole nitrogens is 1. The monoisotopic (exact) mass is 304 g/mol. The predicted octanol–water partition coefficient (Wildman–Crippen LogP) is 3.21. The molecule has 0 bridgehead atoms. The molecule has 0 radical (unpaired) electrons. The van der Waals surface area contributed by atoms with Gasteiger partial charge < -0.3 is 10.3 Å². The highest BCUT2D eigenvalue weighted by Crippen LogP contribution is 2.33. The van der Waals surface area contributed by atoms with Crippen LogP contribution in [0.5, 0.6) is 0 Å². The molecule has 3 aromatic heterocycles. The van der Waals surface area contributed by atoms with Gasteiger partial charge in [-0.05, 0) is 43.0 Å². The van der Waals surface area contributed by atoms with Crippen LogP contribution in [0.2, 0.25) is 0 Å². The number of fused-ring (bicyclic) bond motifs is 3. The Kier molecular flexibility index (Phi) is 3.38. The van der Waals surface area contributed by atoms with Gasteiger partial charge in [0.1, 0.15) is 0 Å². The summed E-state index contributed by atoms with van der Waals surface area (Å²) in [6.07, 6.45) is 9.84. The molecule has 0 saturated heterocycles. The van der Waals surface area contributed by atoms with Gasteiger partial charge in [0.15, 0.2) is 0 Å². The zero-order valence-corrected chi connectivity index (χ0v) is 12.5. The number of aromatic amines is 1. The van der Waals surface area contributed by atoms with Gasteiger partial charge >= 0.3 is 0 Å². The molecule has 1 aliphatic rings. The van der Waals surface area contributed by atoms with E-state index in [1.54, 1.807) is 36.9 Å². The quantitative estimate of drug-likeness (QED) is 0.763. The number of nitrogens with one attached hydrogen (secondary N) is 2. The molecule has 0 fully saturated rings. The van der Waals surface area contributed by atoms with Crippen LogP contribution in [0.1, 0.15) is 28.0 Å². The van der Waals surface area contributed by atoms with E-state index in [0.29, 0.717) is 5.56 Å². The number of carbonyl (C=O) groups is 1. The molecule has 2 N–H and O–H groups in total. The topological polar surface area (TPSA) is 70.7 Å². The smallest absolute Gasteiger partial charge is 0.257 e. The van der Waals surface area contributed by atoms with Gasteiger partial charge in [0.25, 0.3) is 5.91 Å². The molecule has 0 spiro atoms. The maximum atomic E-state index is 12.7. The van der Waals surface area contributed by atoms with Crippen LogP contribution in [0.15, 0.2) is 49.1 Å². The molecular formula is C18H16N4O. The normalized spacial score (nSPS) is 12.9. The molecule has 114 valence electrons. The molecule has 3 heterocycles. The molecular weight excluding hydrogens is 288 g/mol. The van der Waals surface area contributed by atoms with E-state index in [4.69, 9.17) is 0 Å². The number of aromatic nitrogens is 3. The second-order valence-corrected chi connectivity index (χ2v) is 5.61. The number of aryl methyl sites for hydroxylation is 2. The minimum atomic E-state index is -0.132. The van der Waals surface area contributed by atoms with E-state index in [1.165, 1.54) is 5.56 Å². The Labute approximate surface area is 133 Å². The van der Waals surface area contributed by atoms with Gasteiger partial charge in [0, 0.05) is 41.7 Å². The number of hydrogen-bond donors (Lipinski definition) is 2. The summed E-state index contributed by atoms with van der Waals surface area (Å²) in [7, 11) is 0. The zero-order chi connectivity index (χ0) is 15.6. The molecule has 0 saturated carbocycles. The van der Waals surface area contributed by atoms with Crippen LogP contribution in [0.3, 0.4) is 0 Å². The maximum Gasteiger partial charge on any atom is 0.257 e. The summed E-state index contributed by atoms with van der Waals surface area (Å²) in [6.45, 7) is 0. The number of rotatable bonds is 2. The minimum absolute atomic E-state index is 0.132. The molecule has 4 rings (SSSR count). The number of anilines is 1. The van der Waals surface area contributed by atoms with Crippen molar-refractivity contribution in [3.05, 3.63) is 65.9 Å². The Bertz CT molecular complexity index is 854. The van der Waals surface area contributed by atoms with Crippen molar-refractivity contribution >= 4 is 11.6 Å². The fourth-order valence-electron chi connectivity index (χ4n) is 3.07. The molecule has 1 aliphatic carbocycles. The molecule has 1 amide bonds. The van der Waals surface area contributed by atoms with Gasteiger partial charge in [-0.1, -0.05) is 6.07 Å². The summed E-state index contributed by atoms with van der Waals surface area (Å²) in [5, 5.41) is 2.92. The number of amides is 1. The summed E-state index contributed by atoms with van der Waals surface area (Å²) in [4.78, 5) is 24.4. The van der Waals surface area contributed by atoms with Crippen LogP contribution in [-0.2, 0) is 12.8 Å². The highest BCUT2D eigenvalue weighted by Gasteiger charge is 2.23. The summed E-state index contributed by atoms with van der Waals surface area (Å²) < 4.78 is 0. The second kappa shape index (κ2) is 5.68. The number of hydrogen-bond acceptors (Lipinski definition) is 3. The highest BCUT2D eigenvalue weighted by atomic mass is 16.1. The van der Waals surface area contributed by atoms with Crippen molar-refractivity contribution in [3.8, 4) is 11.3 Å². The van der Waals surface area contributed by atoms with Gasteiger partial charge in [-0.15, -0.1) is 0 Å². The Hall–Kier alpha value is -2.95. The molecule has 23 heavy (non-hydrogen) atoms. The molecule has 5 heteroatoms. The van der Waals surface area contributed by atoms with Crippen molar-refractivity contribution in [1.82, 2.24) is 15.0 Å². The summed E-state index contributed by atoms with van der Waals surface area (Å²) in [6, 6.07) is 7.59. The van der Waals surface area contributed by atoms with Crippen LogP contribution >= 0.6 is 0 Å². The van der Waals surface area contributed by atoms with Crippen molar-refractivity contribution < 1.29 is 4.79 Å². The van der Waals surface area contributed by atoms with E-state index >= 15 is 0 Å². The van der Waals surface area contributed by atoms with Crippen LogP contribution < -0.4 is 5.32 Å². The van der Waals surface area contributed by atoms with Crippen molar-refractivity contribution in [2.45, 2.75) is 19.3 Å². The van der Waals surface area contributed by atoms with Crippen molar-refractivity contribution in [1.29, 1.82) is 0 Å². The SMILES string of the molecule is O=C(Nc1ccncc1)c1c[nH]c2c1-c1ncccc1CCC2. The third kappa shape index (κ3) is 2.50. The fraction of sp³-hybridized carbons (Fsp3) is 0.167. The second-order valence-electron chi connectivity index (χ2n) is 5.61. The number of nitrogens with zero attached hydrogens (tertiary/aromatic N) is 2. The van der Waals surface area contributed by atoms with E-state index in [1.807, 2.05) is 6.07 Å². The van der Waals surface area contributed by atoms with E-state index in [9.17, 15) is 4.79 Å². The van der Waals surface area contributed by atoms with Crippen LogP contribution in [0.4, 0.5) is 5.69 Å². The molecule has 3 aromatic rings. The lowest BCUT2D eigenvalue weighted by Gasteiger charge is -2.08. The lowest BCUT2D eigenvalue weighted by molar-refractivity contribution is 0.102. The Morgan fingerprint density at radius 3 is 2.87 bits per heavy atom. The highest BCUT2D eigenvalue weighted by molar-refractivity contribution is 6.09. The number of pyridine rings is 2. The van der Waals surface area contributed by atoms with Gasteiger partial charge in [0.05, 0.1) is 11.3 Å². The van der Waals surface area contributed by atoms with Crippen molar-refractivity contribution in [3.63, 3.8) is 0 Å². The maximum absolute atomic E-state index is 12.7. The largest absolute Gasteiger partial charge is 0.364 e. The van der Waals surface area contributed by atoms with Crippen LogP contribution in [0.25, 0.3) is 11.3 Å². The summed E-state index contributed by atoms with van der Waals surface area (Å²) in [5.74, 6) is -0.132. The predicted molar refractivity (Wildman–Crippen MR) is 88.2 cm³/mol. The standard InChI is InChI=1S/C18H16N4O/c23-18(22-13-6-9-19-10-7-13)14-11-21-15-5-1-3-12-4-2-8-20-17(12)16(14)15/h2,4,6-11,21H,1,3,5H2,(H,19,22,23). The zero-order valence-electron chi connectivity index (χ0n) is 12.5. The lowest BCUT2D eigenvalue weighted by Crippen LogP contribution is -2.12. The summed E-state index contributed by atoms with van der Waals surface area (Å²) >= 11 is 0. The minimum Gasteiger partial charge on any atom is -0.364 e. The molecule has 0 aliphatic heterocycles. The van der Waals surface area contributed by atoms with Crippen molar-refractivity contribution in [2.75, 3.05) is 5.32 Å². The Morgan fingerprint density at radius 1 is 1.13 bits per heavy atom. The Balaban J connectivity index is 1.76. The van der Waals surface area contributed by atoms with Crippen molar-refractivity contribution in [2.24, 2.45) is 0 Å².